The second kappa shape index (κ2) is 6.83. The minimum Gasteiger partial charge on any atom is -0.492 e. The Kier molecular flexibility index (Phi) is 5.74. The Balaban J connectivity index is 2.15. The van der Waals surface area contributed by atoms with Crippen molar-refractivity contribution in [3.63, 3.8) is 0 Å². The summed E-state index contributed by atoms with van der Waals surface area (Å²) in [6.07, 6.45) is 2.10. The standard InChI is InChI=1S/C11H16ClNO3S/c12-10-6-2-3-7-11(10)16-8-4-1-5-9-17(13,14)15/h2-3,6-7H,1,4-5,8-9H2,(H2,13,14,15). The molecule has 0 aromatic heterocycles. The van der Waals surface area contributed by atoms with Crippen LogP contribution < -0.4 is 9.88 Å². The van der Waals surface area contributed by atoms with Crippen molar-refractivity contribution in [3.8, 4) is 5.75 Å². The Morgan fingerprint density at radius 1 is 1.18 bits per heavy atom. The summed E-state index contributed by atoms with van der Waals surface area (Å²) in [5.74, 6) is 0.680. The van der Waals surface area contributed by atoms with Crippen molar-refractivity contribution in [2.45, 2.75) is 19.3 Å². The number of ether oxygens (including phenoxy) is 1. The van der Waals surface area contributed by atoms with Crippen molar-refractivity contribution in [1.82, 2.24) is 0 Å². The predicted octanol–water partition coefficient (Wildman–Crippen LogP) is 2.18. The molecule has 0 unspecified atom stereocenters. The summed E-state index contributed by atoms with van der Waals surface area (Å²) in [7, 11) is -3.33. The fourth-order valence-electron chi connectivity index (χ4n) is 1.33. The molecule has 1 rings (SSSR count). The van der Waals surface area contributed by atoms with E-state index in [4.69, 9.17) is 21.5 Å². The minimum absolute atomic E-state index is 0.0269. The van der Waals surface area contributed by atoms with Crippen molar-refractivity contribution in [2.24, 2.45) is 5.14 Å². The quantitative estimate of drug-likeness (QED) is 0.777. The van der Waals surface area contributed by atoms with Gasteiger partial charge in [0.25, 0.3) is 0 Å². The number of primary sulfonamides is 1. The lowest BCUT2D eigenvalue weighted by atomic mass is 10.3. The van der Waals surface area contributed by atoms with Crippen LogP contribution in [0.2, 0.25) is 5.02 Å². The highest BCUT2D eigenvalue weighted by Gasteiger charge is 2.02. The smallest absolute Gasteiger partial charge is 0.209 e. The number of halogens is 1. The van der Waals surface area contributed by atoms with Gasteiger partial charge < -0.3 is 4.74 Å². The number of benzene rings is 1. The van der Waals surface area contributed by atoms with E-state index in [0.29, 0.717) is 23.8 Å². The summed E-state index contributed by atoms with van der Waals surface area (Å²) in [4.78, 5) is 0. The normalized spacial score (nSPS) is 11.4. The van der Waals surface area contributed by atoms with Crippen molar-refractivity contribution < 1.29 is 13.2 Å². The fraction of sp³-hybridized carbons (Fsp3) is 0.455. The third kappa shape index (κ3) is 6.51. The Bertz CT molecular complexity index is 448. The predicted molar refractivity (Wildman–Crippen MR) is 68.8 cm³/mol. The lowest BCUT2D eigenvalue weighted by Crippen LogP contribution is -2.16. The van der Waals surface area contributed by atoms with E-state index in [9.17, 15) is 8.42 Å². The molecule has 2 N–H and O–H groups in total. The molecule has 0 radical (unpaired) electrons. The van der Waals surface area contributed by atoms with Crippen LogP contribution in [0.4, 0.5) is 0 Å². The van der Waals surface area contributed by atoms with E-state index in [1.54, 1.807) is 12.1 Å². The highest BCUT2D eigenvalue weighted by atomic mass is 35.5. The Morgan fingerprint density at radius 2 is 1.88 bits per heavy atom. The van der Waals surface area contributed by atoms with Crippen LogP contribution in [-0.4, -0.2) is 20.8 Å². The van der Waals surface area contributed by atoms with Crippen LogP contribution in [0.3, 0.4) is 0 Å². The monoisotopic (exact) mass is 277 g/mol. The first-order valence-electron chi connectivity index (χ1n) is 5.37. The first-order chi connectivity index (χ1) is 7.99. The molecule has 0 aliphatic heterocycles. The summed E-state index contributed by atoms with van der Waals surface area (Å²) in [5.41, 5.74) is 0. The highest BCUT2D eigenvalue weighted by molar-refractivity contribution is 7.89. The van der Waals surface area contributed by atoms with E-state index >= 15 is 0 Å². The van der Waals surface area contributed by atoms with E-state index < -0.39 is 10.0 Å². The lowest BCUT2D eigenvalue weighted by molar-refractivity contribution is 0.306. The second-order valence-corrected chi connectivity index (χ2v) is 5.85. The molecule has 0 aliphatic rings. The van der Waals surface area contributed by atoms with Crippen molar-refractivity contribution >= 4 is 21.6 Å². The van der Waals surface area contributed by atoms with Gasteiger partial charge >= 0.3 is 0 Å². The summed E-state index contributed by atoms with van der Waals surface area (Å²) in [6, 6.07) is 7.24. The Hall–Kier alpha value is -0.780. The van der Waals surface area contributed by atoms with E-state index in [0.717, 1.165) is 12.8 Å². The Morgan fingerprint density at radius 3 is 2.53 bits per heavy atom. The van der Waals surface area contributed by atoms with Crippen LogP contribution in [0.1, 0.15) is 19.3 Å². The maximum Gasteiger partial charge on any atom is 0.209 e. The van der Waals surface area contributed by atoms with Gasteiger partial charge in [-0.2, -0.15) is 0 Å². The van der Waals surface area contributed by atoms with Crippen molar-refractivity contribution in [3.05, 3.63) is 29.3 Å². The van der Waals surface area contributed by atoms with Crippen LogP contribution in [0.5, 0.6) is 5.75 Å². The van der Waals surface area contributed by atoms with Gasteiger partial charge in [-0.25, -0.2) is 13.6 Å². The van der Waals surface area contributed by atoms with Crippen LogP contribution in [0.15, 0.2) is 24.3 Å². The molecule has 1 aromatic carbocycles. The lowest BCUT2D eigenvalue weighted by Gasteiger charge is -2.07. The summed E-state index contributed by atoms with van der Waals surface area (Å²) < 4.78 is 26.8. The first kappa shape index (κ1) is 14.3. The van der Waals surface area contributed by atoms with Crippen LogP contribution >= 0.6 is 11.6 Å². The zero-order valence-corrected chi connectivity index (χ0v) is 11.0. The molecule has 6 heteroatoms. The molecule has 96 valence electrons. The molecule has 4 nitrogen and oxygen atoms in total. The fourth-order valence-corrected chi connectivity index (χ4v) is 2.12. The first-order valence-corrected chi connectivity index (χ1v) is 7.46. The minimum atomic E-state index is -3.33. The van der Waals surface area contributed by atoms with Gasteiger partial charge in [0.05, 0.1) is 17.4 Å². The average molecular weight is 278 g/mol. The molecular weight excluding hydrogens is 262 g/mol. The second-order valence-electron chi connectivity index (χ2n) is 3.71. The average Bonchev–Trinajstić information content (AvgIpc) is 2.24. The number of rotatable bonds is 7. The number of unbranched alkanes of at least 4 members (excludes halogenated alkanes) is 2. The molecule has 0 atom stereocenters. The number of sulfonamides is 1. The summed E-state index contributed by atoms with van der Waals surface area (Å²) in [6.45, 7) is 0.522. The molecule has 0 bridgehead atoms. The van der Waals surface area contributed by atoms with Gasteiger partial charge in [-0.05, 0) is 31.4 Å². The zero-order valence-electron chi connectivity index (χ0n) is 9.43. The van der Waals surface area contributed by atoms with Crippen molar-refractivity contribution in [1.29, 1.82) is 0 Å². The topological polar surface area (TPSA) is 69.4 Å². The molecule has 0 saturated heterocycles. The third-order valence-corrected chi connectivity index (χ3v) is 3.34. The maximum absolute atomic E-state index is 10.7. The molecule has 0 saturated carbocycles. The highest BCUT2D eigenvalue weighted by Crippen LogP contribution is 2.23. The third-order valence-electron chi connectivity index (χ3n) is 2.17. The maximum atomic E-state index is 10.7. The van der Waals surface area contributed by atoms with E-state index in [1.807, 2.05) is 12.1 Å². The van der Waals surface area contributed by atoms with Crippen LogP contribution in [0.25, 0.3) is 0 Å². The molecule has 0 aliphatic carbocycles. The summed E-state index contributed by atoms with van der Waals surface area (Å²) in [5, 5.41) is 5.47. The van der Waals surface area contributed by atoms with E-state index in [-0.39, 0.29) is 5.75 Å². The molecule has 17 heavy (non-hydrogen) atoms. The SMILES string of the molecule is NS(=O)(=O)CCCCCOc1ccccc1Cl. The molecule has 1 aromatic rings. The van der Waals surface area contributed by atoms with Gasteiger partial charge in [0, 0.05) is 0 Å². The van der Waals surface area contributed by atoms with Gasteiger partial charge in [-0.1, -0.05) is 23.7 Å². The van der Waals surface area contributed by atoms with Gasteiger partial charge in [-0.15, -0.1) is 0 Å². The molecule has 0 fully saturated rings. The zero-order chi connectivity index (χ0) is 12.7. The van der Waals surface area contributed by atoms with Gasteiger partial charge in [0.2, 0.25) is 10.0 Å². The van der Waals surface area contributed by atoms with Gasteiger partial charge in [-0.3, -0.25) is 0 Å². The van der Waals surface area contributed by atoms with Crippen LogP contribution in [0, 0.1) is 0 Å². The summed E-state index contributed by atoms with van der Waals surface area (Å²) >= 11 is 5.90. The number of nitrogens with two attached hydrogens (primary N) is 1. The molecule has 0 amide bonds. The number of hydrogen-bond donors (Lipinski definition) is 1. The van der Waals surface area contributed by atoms with Gasteiger partial charge in [0.15, 0.2) is 0 Å². The van der Waals surface area contributed by atoms with Crippen molar-refractivity contribution in [2.75, 3.05) is 12.4 Å². The van der Waals surface area contributed by atoms with Crippen LogP contribution in [-0.2, 0) is 10.0 Å². The largest absolute Gasteiger partial charge is 0.492 e. The Labute approximate surface area is 107 Å². The number of para-hydroxylation sites is 1. The van der Waals surface area contributed by atoms with Gasteiger partial charge in [0.1, 0.15) is 5.75 Å². The number of hydrogen-bond acceptors (Lipinski definition) is 3. The molecular formula is C11H16ClNO3S. The molecule has 0 heterocycles. The molecule has 0 spiro atoms. The van der Waals surface area contributed by atoms with E-state index in [2.05, 4.69) is 0 Å². The van der Waals surface area contributed by atoms with E-state index in [1.165, 1.54) is 0 Å².